The zero-order valence-corrected chi connectivity index (χ0v) is 15.4. The molecular formula is C19H17ClN4S. The van der Waals surface area contributed by atoms with Crippen LogP contribution < -0.4 is 4.90 Å². The monoisotopic (exact) mass is 368 g/mol. The molecule has 0 fully saturated rings. The summed E-state index contributed by atoms with van der Waals surface area (Å²) in [5.74, 6) is 0.660. The van der Waals surface area contributed by atoms with Crippen molar-refractivity contribution in [2.45, 2.75) is 17.9 Å². The number of hydrogen-bond donors (Lipinski definition) is 0. The van der Waals surface area contributed by atoms with Crippen LogP contribution in [0.25, 0.3) is 11.5 Å². The van der Waals surface area contributed by atoms with Crippen LogP contribution in [0.4, 0.5) is 5.69 Å². The van der Waals surface area contributed by atoms with Gasteiger partial charge in [0.25, 0.3) is 0 Å². The van der Waals surface area contributed by atoms with Gasteiger partial charge < -0.3 is 4.90 Å². The van der Waals surface area contributed by atoms with Crippen LogP contribution in [0.3, 0.4) is 0 Å². The number of benzene rings is 1. The standard InChI is InChI=1S/C19H17ClN4S/c1-25-16-5-3-15(4-6-16)24-9-8-17-13(12-24)10-22-19(23-17)18-7-2-14(20)11-21-18/h2-7,10-11H,8-9,12H2,1H3. The van der Waals surface area contributed by atoms with E-state index < -0.39 is 0 Å². The first-order valence-electron chi connectivity index (χ1n) is 8.08. The second kappa shape index (κ2) is 7.02. The lowest BCUT2D eigenvalue weighted by molar-refractivity contribution is 0.706. The van der Waals surface area contributed by atoms with Crippen LogP contribution in [0.15, 0.2) is 53.7 Å². The fourth-order valence-electron chi connectivity index (χ4n) is 2.96. The molecule has 25 heavy (non-hydrogen) atoms. The topological polar surface area (TPSA) is 41.9 Å². The van der Waals surface area contributed by atoms with E-state index in [0.29, 0.717) is 10.8 Å². The van der Waals surface area contributed by atoms with E-state index in [0.717, 1.165) is 30.9 Å². The Kier molecular flexibility index (Phi) is 4.59. The predicted octanol–water partition coefficient (Wildman–Crippen LogP) is 4.48. The van der Waals surface area contributed by atoms with E-state index in [4.69, 9.17) is 16.6 Å². The van der Waals surface area contributed by atoms with Gasteiger partial charge in [-0.25, -0.2) is 9.97 Å². The molecule has 0 atom stereocenters. The lowest BCUT2D eigenvalue weighted by atomic mass is 10.1. The number of nitrogens with zero attached hydrogens (tertiary/aromatic N) is 4. The average Bonchev–Trinajstić information content (AvgIpc) is 2.68. The molecular weight excluding hydrogens is 352 g/mol. The highest BCUT2D eigenvalue weighted by Gasteiger charge is 2.19. The van der Waals surface area contributed by atoms with E-state index in [1.54, 1.807) is 18.0 Å². The Morgan fingerprint density at radius 3 is 2.60 bits per heavy atom. The summed E-state index contributed by atoms with van der Waals surface area (Å²) in [6.45, 7) is 1.79. The Balaban J connectivity index is 1.56. The third-order valence-electron chi connectivity index (χ3n) is 4.33. The van der Waals surface area contributed by atoms with Gasteiger partial charge in [-0.2, -0.15) is 0 Å². The molecule has 2 aromatic heterocycles. The van der Waals surface area contributed by atoms with Gasteiger partial charge in [-0.15, -0.1) is 11.8 Å². The number of hydrogen-bond acceptors (Lipinski definition) is 5. The normalized spacial score (nSPS) is 13.6. The lowest BCUT2D eigenvalue weighted by Crippen LogP contribution is -2.31. The number of halogens is 1. The molecule has 126 valence electrons. The fraction of sp³-hybridized carbons (Fsp3) is 0.211. The Labute approximate surface area is 156 Å². The highest BCUT2D eigenvalue weighted by Crippen LogP contribution is 2.26. The smallest absolute Gasteiger partial charge is 0.178 e. The average molecular weight is 369 g/mol. The summed E-state index contributed by atoms with van der Waals surface area (Å²) in [5.41, 5.74) is 4.28. The van der Waals surface area contributed by atoms with Gasteiger partial charge in [-0.3, -0.25) is 4.98 Å². The van der Waals surface area contributed by atoms with Crippen LogP contribution in [0.1, 0.15) is 11.3 Å². The van der Waals surface area contributed by atoms with Gasteiger partial charge in [-0.05, 0) is 42.7 Å². The van der Waals surface area contributed by atoms with Gasteiger partial charge >= 0.3 is 0 Å². The second-order valence-corrected chi connectivity index (χ2v) is 7.21. The second-order valence-electron chi connectivity index (χ2n) is 5.90. The summed E-state index contributed by atoms with van der Waals surface area (Å²) in [6.07, 6.45) is 6.55. The Bertz CT molecular complexity index is 881. The molecule has 0 unspecified atom stereocenters. The van der Waals surface area contributed by atoms with Crippen molar-refractivity contribution in [3.8, 4) is 11.5 Å². The summed E-state index contributed by atoms with van der Waals surface area (Å²) in [4.78, 5) is 17.2. The van der Waals surface area contributed by atoms with Crippen LogP contribution in [0, 0.1) is 0 Å². The van der Waals surface area contributed by atoms with E-state index in [-0.39, 0.29) is 0 Å². The summed E-state index contributed by atoms with van der Waals surface area (Å²) < 4.78 is 0. The van der Waals surface area contributed by atoms with Gasteiger partial charge in [0.1, 0.15) is 5.69 Å². The van der Waals surface area contributed by atoms with Crippen molar-refractivity contribution >= 4 is 29.1 Å². The van der Waals surface area contributed by atoms with Crippen molar-refractivity contribution in [3.63, 3.8) is 0 Å². The van der Waals surface area contributed by atoms with Crippen LogP contribution in [0.5, 0.6) is 0 Å². The fourth-order valence-corrected chi connectivity index (χ4v) is 3.48. The first-order chi connectivity index (χ1) is 12.2. The molecule has 0 amide bonds. The molecule has 1 aromatic carbocycles. The number of anilines is 1. The molecule has 0 saturated heterocycles. The molecule has 0 saturated carbocycles. The highest BCUT2D eigenvalue weighted by molar-refractivity contribution is 7.98. The number of pyridine rings is 1. The maximum Gasteiger partial charge on any atom is 0.178 e. The summed E-state index contributed by atoms with van der Waals surface area (Å²) in [5, 5.41) is 0.616. The molecule has 3 aromatic rings. The molecule has 0 aliphatic carbocycles. The number of thioether (sulfide) groups is 1. The third kappa shape index (κ3) is 3.48. The molecule has 3 heterocycles. The van der Waals surface area contributed by atoms with E-state index in [2.05, 4.69) is 45.4 Å². The zero-order chi connectivity index (χ0) is 17.2. The van der Waals surface area contributed by atoms with Crippen molar-refractivity contribution in [2.75, 3.05) is 17.7 Å². The zero-order valence-electron chi connectivity index (χ0n) is 13.8. The van der Waals surface area contributed by atoms with Gasteiger partial charge in [-0.1, -0.05) is 11.6 Å². The predicted molar refractivity (Wildman–Crippen MR) is 103 cm³/mol. The Hall–Kier alpha value is -2.11. The summed E-state index contributed by atoms with van der Waals surface area (Å²) in [7, 11) is 0. The molecule has 0 spiro atoms. The minimum atomic E-state index is 0.616. The first kappa shape index (κ1) is 16.4. The maximum atomic E-state index is 5.90. The molecule has 0 bridgehead atoms. The lowest BCUT2D eigenvalue weighted by Gasteiger charge is -2.30. The van der Waals surface area contributed by atoms with Crippen LogP contribution in [-0.2, 0) is 13.0 Å². The summed E-state index contributed by atoms with van der Waals surface area (Å²) >= 11 is 7.66. The molecule has 0 radical (unpaired) electrons. The molecule has 6 heteroatoms. The van der Waals surface area contributed by atoms with Gasteiger partial charge in [0.2, 0.25) is 0 Å². The third-order valence-corrected chi connectivity index (χ3v) is 5.30. The van der Waals surface area contributed by atoms with Crippen LogP contribution >= 0.6 is 23.4 Å². The van der Waals surface area contributed by atoms with Crippen molar-refractivity contribution in [3.05, 3.63) is 65.1 Å². The van der Waals surface area contributed by atoms with E-state index in [1.807, 2.05) is 18.3 Å². The van der Waals surface area contributed by atoms with Crippen molar-refractivity contribution in [2.24, 2.45) is 0 Å². The first-order valence-corrected chi connectivity index (χ1v) is 9.69. The molecule has 1 aliphatic heterocycles. The highest BCUT2D eigenvalue weighted by atomic mass is 35.5. The molecule has 0 N–H and O–H groups in total. The van der Waals surface area contributed by atoms with Crippen molar-refractivity contribution in [1.82, 2.24) is 15.0 Å². The minimum Gasteiger partial charge on any atom is -0.367 e. The van der Waals surface area contributed by atoms with E-state index in [1.165, 1.54) is 16.1 Å². The maximum absolute atomic E-state index is 5.90. The number of rotatable bonds is 3. The van der Waals surface area contributed by atoms with E-state index in [9.17, 15) is 0 Å². The number of fused-ring (bicyclic) bond motifs is 1. The van der Waals surface area contributed by atoms with Crippen LogP contribution in [-0.4, -0.2) is 27.8 Å². The molecule has 4 nitrogen and oxygen atoms in total. The largest absolute Gasteiger partial charge is 0.367 e. The van der Waals surface area contributed by atoms with Gasteiger partial charge in [0.05, 0.1) is 10.7 Å². The van der Waals surface area contributed by atoms with E-state index >= 15 is 0 Å². The summed E-state index contributed by atoms with van der Waals surface area (Å²) in [6, 6.07) is 12.4. The quantitative estimate of drug-likeness (QED) is 0.638. The van der Waals surface area contributed by atoms with Crippen LogP contribution in [0.2, 0.25) is 5.02 Å². The Morgan fingerprint density at radius 2 is 1.88 bits per heavy atom. The van der Waals surface area contributed by atoms with Gasteiger partial charge in [0, 0.05) is 48.1 Å². The minimum absolute atomic E-state index is 0.616. The number of aromatic nitrogens is 3. The van der Waals surface area contributed by atoms with Crippen molar-refractivity contribution < 1.29 is 0 Å². The van der Waals surface area contributed by atoms with Crippen molar-refractivity contribution in [1.29, 1.82) is 0 Å². The van der Waals surface area contributed by atoms with Gasteiger partial charge in [0.15, 0.2) is 5.82 Å². The molecule has 4 rings (SSSR count). The SMILES string of the molecule is CSc1ccc(N2CCc3nc(-c4ccc(Cl)cn4)ncc3C2)cc1. The Morgan fingerprint density at radius 1 is 1.04 bits per heavy atom. The molecule has 1 aliphatic rings.